The molecule has 1 rings (SSSR count). The molecule has 54 valence electrons. The summed E-state index contributed by atoms with van der Waals surface area (Å²) in [5.41, 5.74) is 0. The highest BCUT2D eigenvalue weighted by molar-refractivity contribution is 4.56. The first-order valence-electron chi connectivity index (χ1n) is 3.20. The summed E-state index contributed by atoms with van der Waals surface area (Å²) in [7, 11) is 0. The van der Waals surface area contributed by atoms with Crippen molar-refractivity contribution in [3.8, 4) is 0 Å². The zero-order chi connectivity index (χ0) is 6.53. The van der Waals surface area contributed by atoms with Crippen LogP contribution in [0.25, 0.3) is 0 Å². The SMILES string of the molecule is OCC1COCCOC1. The van der Waals surface area contributed by atoms with Crippen LogP contribution >= 0.6 is 0 Å². The van der Waals surface area contributed by atoms with Gasteiger partial charge in [-0.3, -0.25) is 0 Å². The molecule has 0 saturated carbocycles. The van der Waals surface area contributed by atoms with Crippen LogP contribution in [-0.4, -0.2) is 38.1 Å². The molecule has 1 N–H and O–H groups in total. The third kappa shape index (κ3) is 2.30. The van der Waals surface area contributed by atoms with Crippen molar-refractivity contribution in [1.29, 1.82) is 0 Å². The molecule has 0 aromatic heterocycles. The standard InChI is InChI=1S/C6H12O3/c7-3-6-4-8-1-2-9-5-6/h6-7H,1-5H2. The Labute approximate surface area is 54.6 Å². The fourth-order valence-corrected chi connectivity index (χ4v) is 0.771. The van der Waals surface area contributed by atoms with Gasteiger partial charge in [-0.25, -0.2) is 0 Å². The summed E-state index contributed by atoms with van der Waals surface area (Å²) in [5, 5.41) is 8.66. The van der Waals surface area contributed by atoms with E-state index in [1.807, 2.05) is 0 Å². The maximum Gasteiger partial charge on any atom is 0.0700 e. The molecule has 9 heavy (non-hydrogen) atoms. The fourth-order valence-electron chi connectivity index (χ4n) is 0.771. The molecule has 0 aliphatic carbocycles. The van der Waals surface area contributed by atoms with Crippen LogP contribution in [0.1, 0.15) is 0 Å². The Morgan fingerprint density at radius 2 is 1.78 bits per heavy atom. The van der Waals surface area contributed by atoms with E-state index in [0.29, 0.717) is 26.4 Å². The molecule has 1 heterocycles. The van der Waals surface area contributed by atoms with Crippen molar-refractivity contribution in [2.45, 2.75) is 0 Å². The lowest BCUT2D eigenvalue weighted by atomic mass is 10.2. The van der Waals surface area contributed by atoms with Crippen molar-refractivity contribution >= 4 is 0 Å². The van der Waals surface area contributed by atoms with Gasteiger partial charge in [0.25, 0.3) is 0 Å². The summed E-state index contributed by atoms with van der Waals surface area (Å²) in [5.74, 6) is 0.187. The predicted octanol–water partition coefficient (Wildman–Crippen LogP) is -0.358. The number of hydrogen-bond acceptors (Lipinski definition) is 3. The Morgan fingerprint density at radius 1 is 1.22 bits per heavy atom. The molecule has 0 radical (unpaired) electrons. The molecule has 1 fully saturated rings. The van der Waals surface area contributed by atoms with Gasteiger partial charge in [0.2, 0.25) is 0 Å². The normalized spacial score (nSPS) is 23.7. The second-order valence-corrected chi connectivity index (χ2v) is 2.20. The van der Waals surface area contributed by atoms with E-state index < -0.39 is 0 Å². The van der Waals surface area contributed by atoms with Gasteiger partial charge < -0.3 is 14.6 Å². The summed E-state index contributed by atoms with van der Waals surface area (Å²) < 4.78 is 10.2. The predicted molar refractivity (Wildman–Crippen MR) is 32.2 cm³/mol. The maximum atomic E-state index is 8.66. The van der Waals surface area contributed by atoms with Gasteiger partial charge in [0.15, 0.2) is 0 Å². The van der Waals surface area contributed by atoms with E-state index in [-0.39, 0.29) is 12.5 Å². The van der Waals surface area contributed by atoms with Gasteiger partial charge in [-0.15, -0.1) is 0 Å². The smallest absolute Gasteiger partial charge is 0.0700 e. The molecule has 0 bridgehead atoms. The fraction of sp³-hybridized carbons (Fsp3) is 1.00. The van der Waals surface area contributed by atoms with Crippen LogP contribution in [0.4, 0.5) is 0 Å². The average molecular weight is 132 g/mol. The van der Waals surface area contributed by atoms with E-state index in [2.05, 4.69) is 0 Å². The molecule has 0 aromatic carbocycles. The van der Waals surface area contributed by atoms with Crippen molar-refractivity contribution in [2.24, 2.45) is 5.92 Å². The van der Waals surface area contributed by atoms with Crippen LogP contribution in [0.2, 0.25) is 0 Å². The molecule has 1 aliphatic rings. The first-order valence-corrected chi connectivity index (χ1v) is 3.20. The summed E-state index contributed by atoms with van der Waals surface area (Å²) in [4.78, 5) is 0. The molecule has 1 saturated heterocycles. The summed E-state index contributed by atoms with van der Waals surface area (Å²) >= 11 is 0. The molecular weight excluding hydrogens is 120 g/mol. The third-order valence-corrected chi connectivity index (χ3v) is 1.34. The van der Waals surface area contributed by atoms with E-state index in [1.165, 1.54) is 0 Å². The molecule has 0 spiro atoms. The second-order valence-electron chi connectivity index (χ2n) is 2.20. The number of aliphatic hydroxyl groups is 1. The molecule has 0 atom stereocenters. The number of rotatable bonds is 1. The van der Waals surface area contributed by atoms with E-state index in [4.69, 9.17) is 14.6 Å². The van der Waals surface area contributed by atoms with Crippen molar-refractivity contribution in [1.82, 2.24) is 0 Å². The van der Waals surface area contributed by atoms with Gasteiger partial charge in [0, 0.05) is 5.92 Å². The molecule has 3 nitrogen and oxygen atoms in total. The average Bonchev–Trinajstić information content (AvgIpc) is 2.13. The van der Waals surface area contributed by atoms with Crippen LogP contribution in [0, 0.1) is 5.92 Å². The molecular formula is C6H12O3. The minimum atomic E-state index is 0.167. The van der Waals surface area contributed by atoms with Gasteiger partial charge in [-0.2, -0.15) is 0 Å². The van der Waals surface area contributed by atoms with Gasteiger partial charge in [-0.05, 0) is 0 Å². The Balaban J connectivity index is 2.18. The van der Waals surface area contributed by atoms with Gasteiger partial charge in [0.05, 0.1) is 33.0 Å². The van der Waals surface area contributed by atoms with Gasteiger partial charge in [-0.1, -0.05) is 0 Å². The largest absolute Gasteiger partial charge is 0.396 e. The molecule has 3 heteroatoms. The lowest BCUT2D eigenvalue weighted by molar-refractivity contribution is 0.0923. The summed E-state index contributed by atoms with van der Waals surface area (Å²) in [6.07, 6.45) is 0. The Morgan fingerprint density at radius 3 is 2.22 bits per heavy atom. The molecule has 0 aromatic rings. The highest BCUT2D eigenvalue weighted by Crippen LogP contribution is 2.00. The summed E-state index contributed by atoms with van der Waals surface area (Å²) in [6.45, 7) is 2.76. The van der Waals surface area contributed by atoms with Crippen LogP contribution in [0.15, 0.2) is 0 Å². The highest BCUT2D eigenvalue weighted by atomic mass is 16.5. The van der Waals surface area contributed by atoms with Crippen molar-refractivity contribution in [3.63, 3.8) is 0 Å². The van der Waals surface area contributed by atoms with Crippen LogP contribution < -0.4 is 0 Å². The Bertz CT molecular complexity index is 66.7. The molecule has 0 amide bonds. The van der Waals surface area contributed by atoms with Crippen LogP contribution in [-0.2, 0) is 9.47 Å². The number of hydrogen-bond donors (Lipinski definition) is 1. The minimum absolute atomic E-state index is 0.167. The lowest BCUT2D eigenvalue weighted by Crippen LogP contribution is -2.15. The van der Waals surface area contributed by atoms with E-state index in [0.717, 1.165) is 0 Å². The van der Waals surface area contributed by atoms with E-state index in [1.54, 1.807) is 0 Å². The monoisotopic (exact) mass is 132 g/mol. The Kier molecular flexibility index (Phi) is 2.97. The molecule has 1 aliphatic heterocycles. The zero-order valence-corrected chi connectivity index (χ0v) is 5.38. The third-order valence-electron chi connectivity index (χ3n) is 1.34. The minimum Gasteiger partial charge on any atom is -0.396 e. The van der Waals surface area contributed by atoms with Gasteiger partial charge in [0.1, 0.15) is 0 Å². The first-order chi connectivity index (χ1) is 4.43. The topological polar surface area (TPSA) is 38.7 Å². The quantitative estimate of drug-likeness (QED) is 0.529. The van der Waals surface area contributed by atoms with Crippen LogP contribution in [0.5, 0.6) is 0 Å². The van der Waals surface area contributed by atoms with E-state index >= 15 is 0 Å². The highest BCUT2D eigenvalue weighted by Gasteiger charge is 2.10. The summed E-state index contributed by atoms with van der Waals surface area (Å²) in [6, 6.07) is 0. The Hall–Kier alpha value is -0.120. The van der Waals surface area contributed by atoms with Crippen LogP contribution in [0.3, 0.4) is 0 Å². The van der Waals surface area contributed by atoms with Crippen molar-refractivity contribution < 1.29 is 14.6 Å². The first kappa shape index (κ1) is 6.99. The van der Waals surface area contributed by atoms with Gasteiger partial charge >= 0.3 is 0 Å². The lowest BCUT2D eigenvalue weighted by Gasteiger charge is -2.07. The van der Waals surface area contributed by atoms with Crippen molar-refractivity contribution in [3.05, 3.63) is 0 Å². The number of aliphatic hydroxyl groups excluding tert-OH is 1. The molecule has 0 unspecified atom stereocenters. The van der Waals surface area contributed by atoms with Crippen molar-refractivity contribution in [2.75, 3.05) is 33.0 Å². The maximum absolute atomic E-state index is 8.66. The number of ether oxygens (including phenoxy) is 2. The second kappa shape index (κ2) is 3.82. The zero-order valence-electron chi connectivity index (χ0n) is 5.38. The van der Waals surface area contributed by atoms with E-state index in [9.17, 15) is 0 Å².